The summed E-state index contributed by atoms with van der Waals surface area (Å²) in [5.74, 6) is 1.30. The van der Waals surface area contributed by atoms with Crippen LogP contribution in [-0.4, -0.2) is 43.5 Å². The molecule has 2 amide bonds. The van der Waals surface area contributed by atoms with Crippen molar-refractivity contribution in [2.75, 3.05) is 20.8 Å². The van der Waals surface area contributed by atoms with Gasteiger partial charge in [0, 0.05) is 20.0 Å². The minimum Gasteiger partial charge on any atom is -0.497 e. The highest BCUT2D eigenvalue weighted by molar-refractivity contribution is 5.87. The highest BCUT2D eigenvalue weighted by Crippen LogP contribution is 2.18. The number of nitrogens with zero attached hydrogens (tertiary/aromatic N) is 1. The number of amides is 2. The summed E-state index contributed by atoms with van der Waals surface area (Å²) in [6.45, 7) is 4.77. The van der Waals surface area contributed by atoms with Gasteiger partial charge in [0.25, 0.3) is 0 Å². The Kier molecular flexibility index (Phi) is 9.19. The van der Waals surface area contributed by atoms with E-state index in [0.717, 1.165) is 22.6 Å². The minimum absolute atomic E-state index is 0.0515. The van der Waals surface area contributed by atoms with Gasteiger partial charge in [-0.05, 0) is 49.6 Å². The first kappa shape index (κ1) is 23.3. The molecule has 1 atom stereocenters. The number of aryl methyl sites for hydroxylation is 1. The number of hydrogen-bond acceptors (Lipinski definition) is 4. The minimum atomic E-state index is -0.494. The summed E-state index contributed by atoms with van der Waals surface area (Å²) in [5, 5.41) is 2.68. The molecule has 162 valence electrons. The van der Waals surface area contributed by atoms with Crippen LogP contribution < -0.4 is 14.8 Å². The molecule has 0 aliphatic heterocycles. The molecule has 2 rings (SSSR count). The van der Waals surface area contributed by atoms with Crippen LogP contribution in [0.4, 0.5) is 0 Å². The number of hydrogen-bond donors (Lipinski definition) is 1. The Balaban J connectivity index is 1.98. The van der Waals surface area contributed by atoms with Gasteiger partial charge in [0.15, 0.2) is 0 Å². The van der Waals surface area contributed by atoms with Gasteiger partial charge < -0.3 is 19.7 Å². The van der Waals surface area contributed by atoms with Gasteiger partial charge in [-0.1, -0.05) is 36.8 Å². The van der Waals surface area contributed by atoms with E-state index < -0.39 is 6.04 Å². The lowest BCUT2D eigenvalue weighted by Gasteiger charge is -2.30. The van der Waals surface area contributed by atoms with E-state index in [1.165, 1.54) is 0 Å². The van der Waals surface area contributed by atoms with Crippen LogP contribution in [0.5, 0.6) is 11.5 Å². The van der Waals surface area contributed by atoms with Crippen LogP contribution in [0.1, 0.15) is 37.3 Å². The van der Waals surface area contributed by atoms with Gasteiger partial charge in [0.1, 0.15) is 17.5 Å². The quantitative estimate of drug-likeness (QED) is 0.571. The van der Waals surface area contributed by atoms with Crippen LogP contribution in [0.15, 0.2) is 48.5 Å². The lowest BCUT2D eigenvalue weighted by Crippen LogP contribution is -2.48. The van der Waals surface area contributed by atoms with Crippen molar-refractivity contribution in [3.63, 3.8) is 0 Å². The lowest BCUT2D eigenvalue weighted by atomic mass is 10.1. The van der Waals surface area contributed by atoms with Crippen molar-refractivity contribution in [3.8, 4) is 11.5 Å². The molecular formula is C24H32N2O4. The van der Waals surface area contributed by atoms with Crippen molar-refractivity contribution >= 4 is 11.8 Å². The third kappa shape index (κ3) is 6.79. The topological polar surface area (TPSA) is 67.9 Å². The first-order valence-electron chi connectivity index (χ1n) is 10.3. The summed E-state index contributed by atoms with van der Waals surface area (Å²) in [4.78, 5) is 27.0. The maximum Gasteiger partial charge on any atom is 0.242 e. The maximum absolute atomic E-state index is 13.0. The molecule has 0 saturated carbocycles. The molecule has 0 aromatic heterocycles. The van der Waals surface area contributed by atoms with E-state index in [4.69, 9.17) is 9.47 Å². The standard InChI is InChI=1S/C24H32N2O4/c1-5-22(24(28)25-3)26(17-19-10-8-18(2)9-11-19)23(27)7-6-16-30-21-14-12-20(29-4)13-15-21/h8-15,22H,5-7,16-17H2,1-4H3,(H,25,28). The molecule has 6 nitrogen and oxygen atoms in total. The molecular weight excluding hydrogens is 380 g/mol. The Hall–Kier alpha value is -3.02. The van der Waals surface area contributed by atoms with Crippen LogP contribution in [-0.2, 0) is 16.1 Å². The van der Waals surface area contributed by atoms with Crippen molar-refractivity contribution < 1.29 is 19.1 Å². The van der Waals surface area contributed by atoms with Crippen LogP contribution >= 0.6 is 0 Å². The molecule has 6 heteroatoms. The second-order valence-corrected chi connectivity index (χ2v) is 7.17. The van der Waals surface area contributed by atoms with E-state index in [-0.39, 0.29) is 11.8 Å². The van der Waals surface area contributed by atoms with Crippen molar-refractivity contribution in [1.29, 1.82) is 0 Å². The van der Waals surface area contributed by atoms with Gasteiger partial charge in [0.2, 0.25) is 11.8 Å². The first-order valence-corrected chi connectivity index (χ1v) is 10.3. The van der Waals surface area contributed by atoms with E-state index in [0.29, 0.717) is 32.4 Å². The Labute approximate surface area is 179 Å². The van der Waals surface area contributed by atoms with E-state index in [9.17, 15) is 9.59 Å². The molecule has 1 N–H and O–H groups in total. The van der Waals surface area contributed by atoms with Gasteiger partial charge in [-0.15, -0.1) is 0 Å². The second-order valence-electron chi connectivity index (χ2n) is 7.17. The van der Waals surface area contributed by atoms with Crippen molar-refractivity contribution in [1.82, 2.24) is 10.2 Å². The molecule has 0 heterocycles. The van der Waals surface area contributed by atoms with Gasteiger partial charge in [-0.25, -0.2) is 0 Å². The maximum atomic E-state index is 13.0. The summed E-state index contributed by atoms with van der Waals surface area (Å²) in [6, 6.07) is 14.9. The number of rotatable bonds is 11. The molecule has 2 aromatic rings. The molecule has 30 heavy (non-hydrogen) atoms. The smallest absolute Gasteiger partial charge is 0.242 e. The van der Waals surface area contributed by atoms with E-state index in [2.05, 4.69) is 5.32 Å². The number of benzene rings is 2. The monoisotopic (exact) mass is 412 g/mol. The highest BCUT2D eigenvalue weighted by atomic mass is 16.5. The SMILES string of the molecule is CCC(C(=O)NC)N(Cc1ccc(C)cc1)C(=O)CCCOc1ccc(OC)cc1. The fraction of sp³-hybridized carbons (Fsp3) is 0.417. The fourth-order valence-corrected chi connectivity index (χ4v) is 3.21. The van der Waals surface area contributed by atoms with Crippen molar-refractivity contribution in [3.05, 3.63) is 59.7 Å². The highest BCUT2D eigenvalue weighted by Gasteiger charge is 2.27. The van der Waals surface area contributed by atoms with Crippen molar-refractivity contribution in [2.45, 2.75) is 45.7 Å². The van der Waals surface area contributed by atoms with Crippen LogP contribution in [0.2, 0.25) is 0 Å². The average molecular weight is 413 g/mol. The van der Waals surface area contributed by atoms with E-state index >= 15 is 0 Å². The summed E-state index contributed by atoms with van der Waals surface area (Å²) in [7, 11) is 3.22. The third-order valence-corrected chi connectivity index (χ3v) is 4.97. The number of carbonyl (C=O) groups excluding carboxylic acids is 2. The zero-order chi connectivity index (χ0) is 21.9. The van der Waals surface area contributed by atoms with Gasteiger partial charge in [-0.3, -0.25) is 9.59 Å². The Morgan fingerprint density at radius 3 is 2.23 bits per heavy atom. The average Bonchev–Trinajstić information content (AvgIpc) is 2.77. The second kappa shape index (κ2) is 11.9. The number of ether oxygens (including phenoxy) is 2. The van der Waals surface area contributed by atoms with Gasteiger partial charge >= 0.3 is 0 Å². The fourth-order valence-electron chi connectivity index (χ4n) is 3.21. The normalized spacial score (nSPS) is 11.5. The molecule has 0 spiro atoms. The lowest BCUT2D eigenvalue weighted by molar-refractivity contribution is -0.141. The Bertz CT molecular complexity index is 803. The Morgan fingerprint density at radius 2 is 1.67 bits per heavy atom. The molecule has 0 bridgehead atoms. The van der Waals surface area contributed by atoms with Crippen LogP contribution in [0.25, 0.3) is 0 Å². The zero-order valence-electron chi connectivity index (χ0n) is 18.3. The van der Waals surface area contributed by atoms with Gasteiger partial charge in [0.05, 0.1) is 13.7 Å². The molecule has 0 saturated heterocycles. The molecule has 2 aromatic carbocycles. The third-order valence-electron chi connectivity index (χ3n) is 4.97. The molecule has 1 unspecified atom stereocenters. The van der Waals surface area contributed by atoms with E-state index in [1.54, 1.807) is 19.1 Å². The molecule has 0 fully saturated rings. The zero-order valence-corrected chi connectivity index (χ0v) is 18.3. The van der Waals surface area contributed by atoms with Crippen LogP contribution in [0, 0.1) is 6.92 Å². The summed E-state index contributed by atoms with van der Waals surface area (Å²) < 4.78 is 10.8. The number of nitrogens with one attached hydrogen (secondary N) is 1. The van der Waals surface area contributed by atoms with Crippen LogP contribution in [0.3, 0.4) is 0 Å². The molecule has 0 radical (unpaired) electrons. The molecule has 0 aliphatic rings. The van der Waals surface area contributed by atoms with Gasteiger partial charge in [-0.2, -0.15) is 0 Å². The predicted octanol–water partition coefficient (Wildman–Crippen LogP) is 3.72. The number of likely N-dealkylation sites (N-methyl/N-ethyl adjacent to an activating group) is 1. The summed E-state index contributed by atoms with van der Waals surface area (Å²) in [6.07, 6.45) is 1.44. The number of methoxy groups -OCH3 is 1. The van der Waals surface area contributed by atoms with Crippen molar-refractivity contribution in [2.24, 2.45) is 0 Å². The largest absolute Gasteiger partial charge is 0.497 e. The first-order chi connectivity index (χ1) is 14.5. The summed E-state index contributed by atoms with van der Waals surface area (Å²) >= 11 is 0. The van der Waals surface area contributed by atoms with E-state index in [1.807, 2.05) is 62.4 Å². The summed E-state index contributed by atoms with van der Waals surface area (Å²) in [5.41, 5.74) is 2.16. The number of carbonyl (C=O) groups is 2. The Morgan fingerprint density at radius 1 is 1.03 bits per heavy atom. The molecule has 0 aliphatic carbocycles. The predicted molar refractivity (Wildman–Crippen MR) is 118 cm³/mol.